The number of benzene rings is 3. The fourth-order valence-corrected chi connectivity index (χ4v) is 3.26. The Morgan fingerprint density at radius 3 is 1.40 bits per heavy atom. The average molecular weight is 330 g/mol. The molecule has 25 heavy (non-hydrogen) atoms. The first-order chi connectivity index (χ1) is 12.1. The van der Waals surface area contributed by atoms with Crippen LogP contribution in [0.3, 0.4) is 0 Å². The maximum Gasteiger partial charge on any atom is 0.119 e. The smallest absolute Gasteiger partial charge is 0.119 e. The summed E-state index contributed by atoms with van der Waals surface area (Å²) in [4.78, 5) is 0. The zero-order valence-electron chi connectivity index (χ0n) is 14.7. The average Bonchev–Trinajstić information content (AvgIpc) is 2.66. The van der Waals surface area contributed by atoms with Gasteiger partial charge in [-0.15, -0.1) is 0 Å². The molecule has 0 atom stereocenters. The van der Waals surface area contributed by atoms with Crippen LogP contribution >= 0.6 is 0 Å². The largest absolute Gasteiger partial charge is 0.489 e. The summed E-state index contributed by atoms with van der Waals surface area (Å²) in [6.07, 6.45) is 0. The van der Waals surface area contributed by atoms with E-state index in [1.807, 2.05) is 12.1 Å². The summed E-state index contributed by atoms with van der Waals surface area (Å²) in [5, 5.41) is 0. The lowest BCUT2D eigenvalue weighted by Crippen LogP contribution is -2.18. The van der Waals surface area contributed by atoms with Gasteiger partial charge in [0.25, 0.3) is 0 Å². The van der Waals surface area contributed by atoms with E-state index in [0.29, 0.717) is 13.2 Å². The summed E-state index contributed by atoms with van der Waals surface area (Å²) in [5.74, 6) is 1.78. The van der Waals surface area contributed by atoms with Gasteiger partial charge in [0.1, 0.15) is 24.7 Å². The maximum absolute atomic E-state index is 6.00. The molecule has 0 aliphatic carbocycles. The highest BCUT2D eigenvalue weighted by molar-refractivity contribution is 5.42. The predicted molar refractivity (Wildman–Crippen MR) is 100 cm³/mol. The van der Waals surface area contributed by atoms with Crippen LogP contribution in [0.15, 0.2) is 72.8 Å². The van der Waals surface area contributed by atoms with Crippen molar-refractivity contribution in [2.75, 3.05) is 0 Å². The van der Waals surface area contributed by atoms with E-state index in [1.54, 1.807) is 0 Å². The van der Waals surface area contributed by atoms with Crippen LogP contribution in [0.4, 0.5) is 0 Å². The molecule has 3 heterocycles. The van der Waals surface area contributed by atoms with Gasteiger partial charge in [-0.05, 0) is 46.5 Å². The molecule has 3 aliphatic rings. The second-order valence-corrected chi connectivity index (χ2v) is 7.02. The minimum Gasteiger partial charge on any atom is -0.489 e. The van der Waals surface area contributed by atoms with Crippen LogP contribution in [-0.2, 0) is 18.6 Å². The third kappa shape index (κ3) is 3.12. The first-order valence-corrected chi connectivity index (χ1v) is 8.66. The second kappa shape index (κ2) is 6.29. The number of ether oxygens (including phenoxy) is 2. The lowest BCUT2D eigenvalue weighted by Gasteiger charge is -2.26. The van der Waals surface area contributed by atoms with Crippen molar-refractivity contribution < 1.29 is 9.47 Å². The van der Waals surface area contributed by atoms with Crippen LogP contribution in [0, 0.1) is 0 Å². The normalized spacial score (nSPS) is 15.4. The highest BCUT2D eigenvalue weighted by Gasteiger charge is 2.23. The van der Waals surface area contributed by atoms with E-state index in [-0.39, 0.29) is 5.41 Å². The third-order valence-electron chi connectivity index (χ3n) is 5.06. The van der Waals surface area contributed by atoms with Crippen molar-refractivity contribution in [3.63, 3.8) is 0 Å². The van der Waals surface area contributed by atoms with Crippen LogP contribution in [0.5, 0.6) is 11.5 Å². The molecule has 4 bridgehead atoms. The topological polar surface area (TPSA) is 18.5 Å². The Labute approximate surface area is 149 Å². The first kappa shape index (κ1) is 15.8. The van der Waals surface area contributed by atoms with Crippen molar-refractivity contribution >= 4 is 0 Å². The number of rotatable bonds is 0. The Kier molecular flexibility index (Phi) is 3.96. The van der Waals surface area contributed by atoms with E-state index in [4.69, 9.17) is 9.47 Å². The van der Waals surface area contributed by atoms with Gasteiger partial charge in [0.15, 0.2) is 0 Å². The maximum atomic E-state index is 6.00. The van der Waals surface area contributed by atoms with Gasteiger partial charge >= 0.3 is 0 Å². The molecule has 0 radical (unpaired) electrons. The SMILES string of the molecule is CC1(C)c2ccc(cc2)OCc2ccccc2COc2ccc1cc2. The zero-order chi connectivity index (χ0) is 17.3. The third-order valence-corrected chi connectivity index (χ3v) is 5.06. The fraction of sp³-hybridized carbons (Fsp3) is 0.217. The summed E-state index contributed by atoms with van der Waals surface area (Å²) in [7, 11) is 0. The van der Waals surface area contributed by atoms with Gasteiger partial charge < -0.3 is 9.47 Å². The van der Waals surface area contributed by atoms with Crippen molar-refractivity contribution in [3.05, 3.63) is 95.1 Å². The molecule has 6 rings (SSSR count). The minimum atomic E-state index is -0.0692. The van der Waals surface area contributed by atoms with Crippen molar-refractivity contribution in [1.29, 1.82) is 0 Å². The van der Waals surface area contributed by atoms with Crippen LogP contribution in [0.1, 0.15) is 36.1 Å². The van der Waals surface area contributed by atoms with Crippen molar-refractivity contribution in [3.8, 4) is 11.5 Å². The summed E-state index contributed by atoms with van der Waals surface area (Å²) >= 11 is 0. The van der Waals surface area contributed by atoms with E-state index in [1.165, 1.54) is 11.1 Å². The van der Waals surface area contributed by atoms with E-state index in [9.17, 15) is 0 Å². The molecule has 0 saturated carbocycles. The molecule has 3 aromatic rings. The van der Waals surface area contributed by atoms with E-state index in [0.717, 1.165) is 22.6 Å². The molecule has 0 aromatic heterocycles. The standard InChI is InChI=1S/C23H22O2/c1-23(2)19-7-11-21(12-8-19)24-15-17-5-3-4-6-18(17)16-25-22-13-9-20(23)10-14-22/h3-14H,15-16H2,1-2H3. The van der Waals surface area contributed by atoms with Crippen LogP contribution in [0.25, 0.3) is 0 Å². The Hall–Kier alpha value is -2.74. The van der Waals surface area contributed by atoms with Gasteiger partial charge in [-0.2, -0.15) is 0 Å². The quantitative estimate of drug-likeness (QED) is 0.543. The molecule has 0 fully saturated rings. The van der Waals surface area contributed by atoms with Gasteiger partial charge in [-0.1, -0.05) is 62.4 Å². The molecular formula is C23H22O2. The minimum absolute atomic E-state index is 0.0692. The molecule has 3 aliphatic heterocycles. The van der Waals surface area contributed by atoms with Crippen LogP contribution in [-0.4, -0.2) is 0 Å². The van der Waals surface area contributed by atoms with Crippen molar-refractivity contribution in [1.82, 2.24) is 0 Å². The van der Waals surface area contributed by atoms with Gasteiger partial charge in [0.05, 0.1) is 0 Å². The monoisotopic (exact) mass is 330 g/mol. The molecule has 0 unspecified atom stereocenters. The highest BCUT2D eigenvalue weighted by Crippen LogP contribution is 2.33. The summed E-state index contributed by atoms with van der Waals surface area (Å²) in [6.45, 7) is 5.57. The van der Waals surface area contributed by atoms with Gasteiger partial charge in [-0.3, -0.25) is 0 Å². The summed E-state index contributed by atoms with van der Waals surface area (Å²) in [5.41, 5.74) is 4.77. The molecule has 2 nitrogen and oxygen atoms in total. The van der Waals surface area contributed by atoms with E-state index >= 15 is 0 Å². The second-order valence-electron chi connectivity index (χ2n) is 7.02. The molecule has 3 aromatic carbocycles. The highest BCUT2D eigenvalue weighted by atomic mass is 16.5. The van der Waals surface area contributed by atoms with Crippen LogP contribution in [0.2, 0.25) is 0 Å². The van der Waals surface area contributed by atoms with Gasteiger partial charge in [-0.25, -0.2) is 0 Å². The molecule has 2 heteroatoms. The van der Waals surface area contributed by atoms with Gasteiger partial charge in [0, 0.05) is 5.41 Å². The Morgan fingerprint density at radius 1 is 0.600 bits per heavy atom. The molecular weight excluding hydrogens is 308 g/mol. The van der Waals surface area contributed by atoms with Gasteiger partial charge in [0.2, 0.25) is 0 Å². The number of hydrogen-bond donors (Lipinski definition) is 0. The van der Waals surface area contributed by atoms with E-state index < -0.39 is 0 Å². The number of fused-ring (bicyclic) bond motifs is 2. The molecule has 0 amide bonds. The Morgan fingerprint density at radius 2 is 1.00 bits per heavy atom. The Bertz CT molecular complexity index is 789. The lowest BCUT2D eigenvalue weighted by molar-refractivity contribution is 0.285. The summed E-state index contributed by atoms with van der Waals surface area (Å²) < 4.78 is 12.0. The molecule has 0 saturated heterocycles. The van der Waals surface area contributed by atoms with Crippen molar-refractivity contribution in [2.24, 2.45) is 0 Å². The van der Waals surface area contributed by atoms with Crippen molar-refractivity contribution in [2.45, 2.75) is 32.5 Å². The van der Waals surface area contributed by atoms with Crippen LogP contribution < -0.4 is 9.47 Å². The van der Waals surface area contributed by atoms with E-state index in [2.05, 4.69) is 74.5 Å². The lowest BCUT2D eigenvalue weighted by atomic mass is 9.78. The summed E-state index contributed by atoms with van der Waals surface area (Å²) in [6, 6.07) is 25.1. The molecule has 0 N–H and O–H groups in total. The Balaban J connectivity index is 1.78. The zero-order valence-corrected chi connectivity index (χ0v) is 14.7. The predicted octanol–water partition coefficient (Wildman–Crippen LogP) is 5.48. The fourth-order valence-electron chi connectivity index (χ4n) is 3.26. The number of hydrogen-bond acceptors (Lipinski definition) is 2. The molecule has 0 spiro atoms. The molecule has 126 valence electrons. The first-order valence-electron chi connectivity index (χ1n) is 8.66.